The fourth-order valence-corrected chi connectivity index (χ4v) is 3.51. The Bertz CT molecular complexity index is 1040. The number of fused-ring (bicyclic) bond motifs is 1. The minimum atomic E-state index is -0.333. The number of rotatable bonds is 6. The van der Waals surface area contributed by atoms with Crippen molar-refractivity contribution in [3.63, 3.8) is 0 Å². The molecule has 2 amide bonds. The second-order valence-electron chi connectivity index (χ2n) is 7.89. The van der Waals surface area contributed by atoms with Gasteiger partial charge in [-0.3, -0.25) is 14.6 Å². The molecule has 3 rings (SSSR count). The van der Waals surface area contributed by atoms with Crippen LogP contribution in [0.25, 0.3) is 0 Å². The summed E-state index contributed by atoms with van der Waals surface area (Å²) in [5.41, 5.74) is 2.49. The van der Waals surface area contributed by atoms with E-state index in [-0.39, 0.29) is 23.9 Å². The zero-order valence-electron chi connectivity index (χ0n) is 18.6. The molecule has 1 aromatic carbocycles. The van der Waals surface area contributed by atoms with E-state index >= 15 is 0 Å². The van der Waals surface area contributed by atoms with Gasteiger partial charge in [0.1, 0.15) is 11.5 Å². The summed E-state index contributed by atoms with van der Waals surface area (Å²) in [6.07, 6.45) is 0. The third-order valence-electron chi connectivity index (χ3n) is 5.12. The molecule has 2 aromatic rings. The Hall–Kier alpha value is -3.55. The maximum absolute atomic E-state index is 12.8. The number of carbonyl (C=O) groups is 2. The number of nitrogens with one attached hydrogen (secondary N) is 1. The smallest absolute Gasteiger partial charge is 0.256 e. The number of pyridine rings is 1. The average molecular weight is 421 g/mol. The molecule has 162 valence electrons. The maximum atomic E-state index is 12.8. The molecule has 1 N–H and O–H groups in total. The van der Waals surface area contributed by atoms with Gasteiger partial charge in [-0.2, -0.15) is 5.10 Å². The first kappa shape index (κ1) is 22.1. The molecule has 31 heavy (non-hydrogen) atoms. The molecule has 2 heterocycles. The van der Waals surface area contributed by atoms with E-state index in [9.17, 15) is 9.59 Å². The molecular formula is C23H28N6O2. The lowest BCUT2D eigenvalue weighted by atomic mass is 10.1. The van der Waals surface area contributed by atoms with Gasteiger partial charge in [0.2, 0.25) is 0 Å². The highest BCUT2D eigenvalue weighted by atomic mass is 16.2. The molecule has 1 aliphatic heterocycles. The highest BCUT2D eigenvalue weighted by Gasteiger charge is 2.29. The predicted molar refractivity (Wildman–Crippen MR) is 123 cm³/mol. The minimum Gasteiger partial charge on any atom is -0.332 e. The fourth-order valence-electron chi connectivity index (χ4n) is 3.51. The van der Waals surface area contributed by atoms with Crippen molar-refractivity contribution in [3.8, 4) is 0 Å². The second kappa shape index (κ2) is 9.07. The Balaban J connectivity index is 1.82. The summed E-state index contributed by atoms with van der Waals surface area (Å²) < 4.78 is 0. The maximum Gasteiger partial charge on any atom is 0.256 e. The first-order valence-electron chi connectivity index (χ1n) is 10.2. The Labute approximate surface area is 182 Å². The van der Waals surface area contributed by atoms with Crippen LogP contribution in [0.1, 0.15) is 59.7 Å². The van der Waals surface area contributed by atoms with Gasteiger partial charge in [0, 0.05) is 43.5 Å². The van der Waals surface area contributed by atoms with Crippen molar-refractivity contribution in [1.82, 2.24) is 14.9 Å². The number of nitrogens with zero attached hydrogens (tertiary/aromatic N) is 5. The van der Waals surface area contributed by atoms with E-state index in [4.69, 9.17) is 0 Å². The summed E-state index contributed by atoms with van der Waals surface area (Å²) in [4.78, 5) is 36.1. The molecule has 8 nitrogen and oxygen atoms in total. The van der Waals surface area contributed by atoms with Crippen molar-refractivity contribution >= 4 is 30.2 Å². The van der Waals surface area contributed by atoms with Crippen molar-refractivity contribution in [3.05, 3.63) is 58.8 Å². The third kappa shape index (κ3) is 4.47. The van der Waals surface area contributed by atoms with Crippen LogP contribution in [-0.4, -0.2) is 58.4 Å². The average Bonchev–Trinajstić information content (AvgIpc) is 3.08. The van der Waals surface area contributed by atoms with Crippen molar-refractivity contribution in [2.75, 3.05) is 12.4 Å². The zero-order chi connectivity index (χ0) is 22.7. The largest absolute Gasteiger partial charge is 0.332 e. The summed E-state index contributed by atoms with van der Waals surface area (Å²) in [5, 5.41) is 8.50. The van der Waals surface area contributed by atoms with Crippen LogP contribution >= 0.6 is 0 Å². The number of benzene rings is 1. The van der Waals surface area contributed by atoms with E-state index in [0.717, 1.165) is 5.56 Å². The second-order valence-corrected chi connectivity index (χ2v) is 7.89. The molecule has 0 fully saturated rings. The Morgan fingerprint density at radius 2 is 1.97 bits per heavy atom. The van der Waals surface area contributed by atoms with E-state index in [0.29, 0.717) is 35.0 Å². The van der Waals surface area contributed by atoms with Gasteiger partial charge in [-0.25, -0.2) is 9.99 Å². The molecule has 0 saturated heterocycles. The van der Waals surface area contributed by atoms with Gasteiger partial charge < -0.3 is 10.2 Å². The van der Waals surface area contributed by atoms with E-state index in [1.807, 2.05) is 33.8 Å². The van der Waals surface area contributed by atoms with E-state index in [2.05, 4.69) is 27.1 Å². The predicted octanol–water partition coefficient (Wildman–Crippen LogP) is 3.40. The van der Waals surface area contributed by atoms with Gasteiger partial charge in [0.05, 0.1) is 0 Å². The standard InChI is InChI=1S/C23H28N6O2/c1-14(2)28-13-17-11-10-16(12-18(17)23(28)31)22(30)27-20-9-7-8-19(26-20)21(24-5)29(25-6)15(3)4/h7-12,14-15H,6,13H2,1-5H3,(H,26,27,30). The van der Waals surface area contributed by atoms with Crippen LogP contribution in [0.3, 0.4) is 0 Å². The molecule has 0 unspecified atom stereocenters. The number of hydrazone groups is 1. The van der Waals surface area contributed by atoms with Crippen LogP contribution in [0, 0.1) is 0 Å². The number of hydrogen-bond acceptors (Lipinski definition) is 5. The molecule has 8 heteroatoms. The Morgan fingerprint density at radius 1 is 1.23 bits per heavy atom. The number of aromatic nitrogens is 1. The van der Waals surface area contributed by atoms with Gasteiger partial charge >= 0.3 is 0 Å². The normalized spacial score (nSPS) is 13.6. The highest BCUT2D eigenvalue weighted by molar-refractivity contribution is 6.07. The summed E-state index contributed by atoms with van der Waals surface area (Å²) >= 11 is 0. The van der Waals surface area contributed by atoms with Gasteiger partial charge in [-0.15, -0.1) is 0 Å². The van der Waals surface area contributed by atoms with E-state index < -0.39 is 0 Å². The number of amidine groups is 1. The van der Waals surface area contributed by atoms with E-state index in [1.165, 1.54) is 0 Å². The number of aliphatic imine (C=N–C) groups is 1. The quantitative estimate of drug-likeness (QED) is 0.441. The first-order chi connectivity index (χ1) is 14.8. The van der Waals surface area contributed by atoms with Crippen molar-refractivity contribution < 1.29 is 9.59 Å². The SMILES string of the molecule is C=NN(C(=NC)c1cccc(NC(=O)c2ccc3c(c2)C(=O)N(C(C)C)C3)n1)C(C)C. The Kier molecular flexibility index (Phi) is 6.48. The number of amides is 2. The molecule has 0 spiro atoms. The topological polar surface area (TPSA) is 90.3 Å². The fraction of sp³-hybridized carbons (Fsp3) is 0.348. The first-order valence-corrected chi connectivity index (χ1v) is 10.2. The third-order valence-corrected chi connectivity index (χ3v) is 5.12. The minimum absolute atomic E-state index is 0.0469. The van der Waals surface area contributed by atoms with Gasteiger partial charge in [0.15, 0.2) is 5.84 Å². The van der Waals surface area contributed by atoms with Gasteiger partial charge in [-0.05, 0) is 57.5 Å². The van der Waals surface area contributed by atoms with E-state index in [1.54, 1.807) is 47.3 Å². The molecule has 0 saturated carbocycles. The van der Waals surface area contributed by atoms with Crippen LogP contribution in [-0.2, 0) is 6.54 Å². The molecule has 1 aromatic heterocycles. The van der Waals surface area contributed by atoms with Crippen molar-refractivity contribution in [2.24, 2.45) is 10.1 Å². The molecular weight excluding hydrogens is 392 g/mol. The summed E-state index contributed by atoms with van der Waals surface area (Å²) in [7, 11) is 1.66. The van der Waals surface area contributed by atoms with Gasteiger partial charge in [0.25, 0.3) is 11.8 Å². The molecule has 1 aliphatic rings. The lowest BCUT2D eigenvalue weighted by Crippen LogP contribution is -2.33. The summed E-state index contributed by atoms with van der Waals surface area (Å²) in [5.74, 6) is 0.556. The molecule has 0 atom stereocenters. The lowest BCUT2D eigenvalue weighted by molar-refractivity contribution is 0.0730. The molecule has 0 aliphatic carbocycles. The number of hydrogen-bond donors (Lipinski definition) is 1. The summed E-state index contributed by atoms with van der Waals surface area (Å²) in [6.45, 7) is 12.1. The highest BCUT2D eigenvalue weighted by Crippen LogP contribution is 2.26. The van der Waals surface area contributed by atoms with Gasteiger partial charge in [-0.1, -0.05) is 12.1 Å². The van der Waals surface area contributed by atoms with Crippen LogP contribution in [0.5, 0.6) is 0 Å². The van der Waals surface area contributed by atoms with Crippen molar-refractivity contribution in [1.29, 1.82) is 0 Å². The zero-order valence-corrected chi connectivity index (χ0v) is 18.6. The van der Waals surface area contributed by atoms with Crippen LogP contribution < -0.4 is 5.32 Å². The van der Waals surface area contributed by atoms with Crippen LogP contribution in [0.2, 0.25) is 0 Å². The summed E-state index contributed by atoms with van der Waals surface area (Å²) in [6, 6.07) is 10.7. The number of anilines is 1. The lowest BCUT2D eigenvalue weighted by Gasteiger charge is -2.23. The van der Waals surface area contributed by atoms with Crippen LogP contribution in [0.4, 0.5) is 5.82 Å². The van der Waals surface area contributed by atoms with Crippen molar-refractivity contribution in [2.45, 2.75) is 46.3 Å². The molecule has 0 bridgehead atoms. The number of carbonyl (C=O) groups excluding carboxylic acids is 2. The molecule has 0 radical (unpaired) electrons. The Morgan fingerprint density at radius 3 is 2.58 bits per heavy atom. The van der Waals surface area contributed by atoms with Crippen LogP contribution in [0.15, 0.2) is 46.5 Å². The monoisotopic (exact) mass is 420 g/mol.